The van der Waals surface area contributed by atoms with Crippen LogP contribution in [-0.2, 0) is 40.0 Å². The average molecular weight is 778 g/mol. The van der Waals surface area contributed by atoms with E-state index in [1.807, 2.05) is 97.1 Å². The summed E-state index contributed by atoms with van der Waals surface area (Å²) < 4.78 is 0. The number of hydrogen-bond donors (Lipinski definition) is 0. The first-order valence-electron chi connectivity index (χ1n) is 9.17. The van der Waals surface area contributed by atoms with Crippen molar-refractivity contribution in [1.82, 2.24) is 0 Å². The Kier molecular flexibility index (Phi) is 14.7. The van der Waals surface area contributed by atoms with Gasteiger partial charge in [-0.2, -0.15) is 0 Å². The van der Waals surface area contributed by atoms with Gasteiger partial charge in [0.05, 0.1) is 0 Å². The van der Waals surface area contributed by atoms with Crippen LogP contribution >= 0.6 is 65.2 Å². The van der Waals surface area contributed by atoms with Gasteiger partial charge in [0.15, 0.2) is 19.6 Å². The van der Waals surface area contributed by atoms with E-state index in [0.29, 0.717) is 0 Å². The Morgan fingerprint density at radius 1 is 0.364 bits per heavy atom. The summed E-state index contributed by atoms with van der Waals surface area (Å²) in [5.74, 6) is 0. The molecule has 0 N–H and O–H groups in total. The normalized spacial score (nSPS) is 10.0. The summed E-state index contributed by atoms with van der Waals surface area (Å²) in [4.78, 5) is 4.90. The second-order valence-electron chi connectivity index (χ2n) is 6.17. The molecule has 0 aliphatic rings. The molecule has 4 rings (SSSR count). The Hall–Kier alpha value is 0.00831. The molecule has 0 aromatic heterocycles. The first-order valence-corrected chi connectivity index (χ1v) is 18.1. The van der Waals surface area contributed by atoms with Gasteiger partial charge in [-0.3, -0.25) is 0 Å². The molecule has 0 aliphatic carbocycles. The molecule has 33 heavy (non-hydrogen) atoms. The van der Waals surface area contributed by atoms with E-state index in [0.717, 1.165) is 20.1 Å². The molecule has 4 aromatic carbocycles. The average Bonchev–Trinajstić information content (AvgIpc) is 2.81. The van der Waals surface area contributed by atoms with Crippen molar-refractivity contribution in [3.8, 4) is 0 Å². The molecular formula is C24H18Cl6PtS2+2. The van der Waals surface area contributed by atoms with Crippen molar-refractivity contribution in [1.29, 1.82) is 0 Å². The fourth-order valence-electron chi connectivity index (χ4n) is 2.36. The van der Waals surface area contributed by atoms with E-state index in [2.05, 4.69) is 0 Å². The Morgan fingerprint density at radius 2 is 0.515 bits per heavy atom. The molecule has 4 aromatic rings. The number of hydrogen-bond acceptors (Lipinski definition) is 0. The molecule has 0 radical (unpaired) electrons. The second kappa shape index (κ2) is 16.6. The van der Waals surface area contributed by atoms with Crippen LogP contribution < -0.4 is 0 Å². The first kappa shape index (κ1) is 29.2. The van der Waals surface area contributed by atoms with Gasteiger partial charge in [0.2, 0.25) is 0 Å². The summed E-state index contributed by atoms with van der Waals surface area (Å²) in [5.41, 5.74) is 0. The molecule has 0 heterocycles. The van der Waals surface area contributed by atoms with Gasteiger partial charge in [0.1, 0.15) is 0 Å². The molecule has 0 amide bonds. The molecule has 0 atom stereocenters. The first-order chi connectivity index (χ1) is 15.9. The monoisotopic (exact) mass is 775 g/mol. The van der Waals surface area contributed by atoms with E-state index < -0.39 is 16.5 Å². The van der Waals surface area contributed by atoms with Crippen LogP contribution in [0.2, 0.25) is 20.1 Å². The van der Waals surface area contributed by atoms with Gasteiger partial charge in [-0.15, -0.1) is 0 Å². The minimum absolute atomic E-state index is 0.472. The Labute approximate surface area is 239 Å². The number of halogens is 6. The van der Waals surface area contributed by atoms with Crippen molar-refractivity contribution >= 4 is 88.8 Å². The van der Waals surface area contributed by atoms with Gasteiger partial charge < -0.3 is 0 Å². The van der Waals surface area contributed by atoms with E-state index in [1.165, 1.54) is 43.1 Å². The van der Waals surface area contributed by atoms with Gasteiger partial charge in [-0.05, 0) is 97.1 Å². The summed E-state index contributed by atoms with van der Waals surface area (Å²) in [7, 11) is 9.75. The zero-order valence-electron chi connectivity index (χ0n) is 16.7. The van der Waals surface area contributed by atoms with Crippen molar-refractivity contribution in [2.75, 3.05) is 0 Å². The van der Waals surface area contributed by atoms with Crippen molar-refractivity contribution in [2.45, 2.75) is 19.6 Å². The van der Waals surface area contributed by atoms with Crippen LogP contribution in [0.3, 0.4) is 0 Å². The SMILES string of the molecule is Clc1ccc([SH+]c2ccc(Cl)cc2)cc1.Clc1ccc([SH+]c2ccc(Cl)cc2)cc1.[Cl][Pt][Cl]. The third-order valence-electron chi connectivity index (χ3n) is 3.82. The molecule has 9 heteroatoms. The molecule has 0 saturated carbocycles. The predicted molar refractivity (Wildman–Crippen MR) is 148 cm³/mol. The van der Waals surface area contributed by atoms with Gasteiger partial charge >= 0.3 is 35.3 Å². The Balaban J connectivity index is 0.000000209. The Bertz CT molecular complexity index is 898. The molecule has 0 fully saturated rings. The number of benzene rings is 4. The predicted octanol–water partition coefficient (Wildman–Crippen LogP) is 9.83. The van der Waals surface area contributed by atoms with Crippen molar-refractivity contribution in [3.63, 3.8) is 0 Å². The van der Waals surface area contributed by atoms with Crippen molar-refractivity contribution in [3.05, 3.63) is 117 Å². The third kappa shape index (κ3) is 12.5. The Morgan fingerprint density at radius 3 is 0.667 bits per heavy atom. The summed E-state index contributed by atoms with van der Waals surface area (Å²) in [6.45, 7) is 0. The van der Waals surface area contributed by atoms with Gasteiger partial charge in [0.25, 0.3) is 0 Å². The summed E-state index contributed by atoms with van der Waals surface area (Å²) in [5, 5.41) is 3.07. The fourth-order valence-corrected chi connectivity index (χ4v) is 4.65. The molecule has 0 saturated heterocycles. The van der Waals surface area contributed by atoms with E-state index in [9.17, 15) is 0 Å². The summed E-state index contributed by atoms with van der Waals surface area (Å²) >= 11 is 25.1. The van der Waals surface area contributed by atoms with E-state index in [1.54, 1.807) is 0 Å². The van der Waals surface area contributed by atoms with Crippen LogP contribution in [0.5, 0.6) is 0 Å². The zero-order valence-corrected chi connectivity index (χ0v) is 25.3. The fraction of sp³-hybridized carbons (Fsp3) is 0. The summed E-state index contributed by atoms with van der Waals surface area (Å²) in [6, 6.07) is 31.4. The van der Waals surface area contributed by atoms with Crippen molar-refractivity contribution < 1.29 is 16.5 Å². The second-order valence-corrected chi connectivity index (χ2v) is 13.7. The quantitative estimate of drug-likeness (QED) is 0.143. The van der Waals surface area contributed by atoms with Crippen LogP contribution in [-0.4, -0.2) is 0 Å². The van der Waals surface area contributed by atoms with Crippen LogP contribution in [0.1, 0.15) is 0 Å². The van der Waals surface area contributed by atoms with Crippen LogP contribution in [0.4, 0.5) is 0 Å². The van der Waals surface area contributed by atoms with Crippen molar-refractivity contribution in [2.24, 2.45) is 0 Å². The molecule has 0 aliphatic heterocycles. The molecule has 176 valence electrons. The maximum atomic E-state index is 5.81. The van der Waals surface area contributed by atoms with Crippen LogP contribution in [0.25, 0.3) is 0 Å². The van der Waals surface area contributed by atoms with E-state index in [-0.39, 0.29) is 0 Å². The van der Waals surface area contributed by atoms with Gasteiger partial charge in [-0.25, -0.2) is 0 Å². The number of thiol groups is 2. The van der Waals surface area contributed by atoms with Crippen LogP contribution in [0.15, 0.2) is 117 Å². The van der Waals surface area contributed by atoms with E-state index >= 15 is 0 Å². The number of rotatable bonds is 4. The third-order valence-corrected chi connectivity index (χ3v) is 7.06. The van der Waals surface area contributed by atoms with Crippen LogP contribution in [0, 0.1) is 0 Å². The minimum atomic E-state index is -0.472. The van der Waals surface area contributed by atoms with Gasteiger partial charge in [0, 0.05) is 43.6 Å². The molecular weight excluding hydrogens is 760 g/mol. The topological polar surface area (TPSA) is 0 Å². The van der Waals surface area contributed by atoms with Gasteiger partial charge in [-0.1, -0.05) is 46.4 Å². The zero-order chi connectivity index (χ0) is 24.1. The molecule has 0 nitrogen and oxygen atoms in total. The molecule has 0 spiro atoms. The van der Waals surface area contributed by atoms with E-state index in [4.69, 9.17) is 65.2 Å². The summed E-state index contributed by atoms with van der Waals surface area (Å²) in [6.07, 6.45) is 0. The maximum absolute atomic E-state index is 5.81. The molecule has 0 unspecified atom stereocenters. The molecule has 0 bridgehead atoms. The standard InChI is InChI=1S/2C12H8Cl2S.2ClH.Pt/c2*13-9-1-5-11(6-2-9)15-12-7-3-10(14)4-8-12;;;/h2*1-8H;2*1H;/q;;;;+2.